The molecule has 0 aliphatic carbocycles. The highest BCUT2D eigenvalue weighted by Crippen LogP contribution is 2.28. The number of fused-ring (bicyclic) bond motifs is 4. The lowest BCUT2D eigenvalue weighted by atomic mass is 9.95. The minimum Gasteiger partial charge on any atom is -0.348 e. The van der Waals surface area contributed by atoms with E-state index in [0.717, 1.165) is 38.0 Å². The fraction of sp³-hybridized carbons (Fsp3) is 0.500. The topological polar surface area (TPSA) is 43.9 Å². The second kappa shape index (κ2) is 7.83. The molecule has 3 aliphatic heterocycles. The molecule has 25 heavy (non-hydrogen) atoms. The van der Waals surface area contributed by atoms with Crippen LogP contribution < -0.4 is 0 Å². The van der Waals surface area contributed by atoms with Gasteiger partial charge in [0, 0.05) is 45.8 Å². The van der Waals surface area contributed by atoms with Gasteiger partial charge in [0.1, 0.15) is 0 Å². The Morgan fingerprint density at radius 2 is 1.88 bits per heavy atom. The second-order valence-corrected chi connectivity index (χ2v) is 7.31. The van der Waals surface area contributed by atoms with Crippen molar-refractivity contribution in [3.05, 3.63) is 42.0 Å². The van der Waals surface area contributed by atoms with Crippen LogP contribution in [0.5, 0.6) is 0 Å². The fourth-order valence-electron chi connectivity index (χ4n) is 3.74. The molecule has 2 bridgehead atoms. The highest BCUT2D eigenvalue weighted by molar-refractivity contribution is 5.92. The number of hydrogen-bond donors (Lipinski definition) is 0. The molecule has 1 aromatic rings. The normalized spacial score (nSPS) is 23.7. The Hall–Kier alpha value is -2.14. The van der Waals surface area contributed by atoms with Gasteiger partial charge in [0.05, 0.1) is 6.54 Å². The molecule has 4 rings (SSSR count). The highest BCUT2D eigenvalue weighted by Gasteiger charge is 2.36. The van der Waals surface area contributed by atoms with E-state index in [4.69, 9.17) is 0 Å². The maximum atomic E-state index is 12.7. The van der Waals surface area contributed by atoms with Crippen LogP contribution >= 0.6 is 0 Å². The lowest BCUT2D eigenvalue weighted by Crippen LogP contribution is -2.47. The van der Waals surface area contributed by atoms with Crippen molar-refractivity contribution in [1.82, 2.24) is 14.7 Å². The molecule has 0 saturated carbocycles. The third-order valence-electron chi connectivity index (χ3n) is 5.15. The molecule has 0 spiro atoms. The van der Waals surface area contributed by atoms with Crippen LogP contribution in [0.15, 0.2) is 36.4 Å². The van der Waals surface area contributed by atoms with Gasteiger partial charge in [0.25, 0.3) is 0 Å². The fourth-order valence-corrected chi connectivity index (χ4v) is 3.74. The van der Waals surface area contributed by atoms with Crippen molar-refractivity contribution in [2.45, 2.75) is 18.9 Å². The first-order chi connectivity index (χ1) is 12.0. The quantitative estimate of drug-likeness (QED) is 0.783. The minimum absolute atomic E-state index is 0.0827. The van der Waals surface area contributed by atoms with Crippen LogP contribution in [-0.2, 0) is 9.59 Å². The molecule has 3 fully saturated rings. The second-order valence-electron chi connectivity index (χ2n) is 7.31. The van der Waals surface area contributed by atoms with Crippen molar-refractivity contribution in [2.24, 2.45) is 5.92 Å². The van der Waals surface area contributed by atoms with Crippen LogP contribution in [-0.4, -0.2) is 72.8 Å². The Morgan fingerprint density at radius 1 is 1.12 bits per heavy atom. The third-order valence-corrected chi connectivity index (χ3v) is 5.15. The SMILES string of the molecule is CN(C)C(=O)CN1C[C@@H]2CC[C@H](C1)N(C(=O)C=Cc1ccccc1)C2. The number of likely N-dealkylation sites (N-methyl/N-ethyl adjacent to an activating group) is 1. The smallest absolute Gasteiger partial charge is 0.246 e. The maximum Gasteiger partial charge on any atom is 0.246 e. The van der Waals surface area contributed by atoms with Crippen LogP contribution in [0, 0.1) is 5.92 Å². The average molecular weight is 341 g/mol. The van der Waals surface area contributed by atoms with E-state index >= 15 is 0 Å². The molecule has 3 aliphatic rings. The Morgan fingerprint density at radius 3 is 2.60 bits per heavy atom. The van der Waals surface area contributed by atoms with E-state index < -0.39 is 0 Å². The number of hydrogen-bond acceptors (Lipinski definition) is 3. The lowest BCUT2D eigenvalue weighted by molar-refractivity contribution is -0.130. The largest absolute Gasteiger partial charge is 0.348 e. The highest BCUT2D eigenvalue weighted by atomic mass is 16.2. The van der Waals surface area contributed by atoms with Crippen molar-refractivity contribution < 1.29 is 9.59 Å². The van der Waals surface area contributed by atoms with Crippen LogP contribution in [0.4, 0.5) is 0 Å². The molecule has 1 aromatic carbocycles. The molecule has 3 heterocycles. The average Bonchev–Trinajstić information content (AvgIpc) is 2.91. The summed E-state index contributed by atoms with van der Waals surface area (Å²) in [6, 6.07) is 10.1. The third kappa shape index (κ3) is 4.48. The summed E-state index contributed by atoms with van der Waals surface area (Å²) < 4.78 is 0. The van der Waals surface area contributed by atoms with E-state index in [1.807, 2.05) is 41.3 Å². The molecule has 2 amide bonds. The van der Waals surface area contributed by atoms with E-state index in [2.05, 4.69) is 4.90 Å². The number of carbonyl (C=O) groups excluding carboxylic acids is 2. The summed E-state index contributed by atoms with van der Waals surface area (Å²) >= 11 is 0. The van der Waals surface area contributed by atoms with Gasteiger partial charge in [0.15, 0.2) is 0 Å². The monoisotopic (exact) mass is 341 g/mol. The van der Waals surface area contributed by atoms with Crippen molar-refractivity contribution >= 4 is 17.9 Å². The molecule has 0 N–H and O–H groups in total. The molecule has 0 unspecified atom stereocenters. The van der Waals surface area contributed by atoms with Gasteiger partial charge < -0.3 is 9.80 Å². The van der Waals surface area contributed by atoms with Gasteiger partial charge in [-0.2, -0.15) is 0 Å². The molecule has 134 valence electrons. The van der Waals surface area contributed by atoms with Crippen molar-refractivity contribution in [2.75, 3.05) is 40.3 Å². The molecule has 0 radical (unpaired) electrons. The molecule has 2 atom stereocenters. The number of benzene rings is 1. The molecule has 3 saturated heterocycles. The summed E-state index contributed by atoms with van der Waals surface area (Å²) in [4.78, 5) is 30.6. The van der Waals surface area contributed by atoms with Crippen molar-refractivity contribution in [3.63, 3.8) is 0 Å². The number of carbonyl (C=O) groups is 2. The molecule has 5 nitrogen and oxygen atoms in total. The van der Waals surface area contributed by atoms with Crippen molar-refractivity contribution in [1.29, 1.82) is 0 Å². The summed E-state index contributed by atoms with van der Waals surface area (Å²) in [5.74, 6) is 0.672. The summed E-state index contributed by atoms with van der Waals surface area (Å²) in [6.07, 6.45) is 5.74. The van der Waals surface area contributed by atoms with Gasteiger partial charge in [-0.05, 0) is 30.4 Å². The van der Waals surface area contributed by atoms with E-state index in [1.165, 1.54) is 0 Å². The number of nitrogens with zero attached hydrogens (tertiary/aromatic N) is 3. The van der Waals surface area contributed by atoms with Gasteiger partial charge in [-0.3, -0.25) is 14.5 Å². The zero-order valence-electron chi connectivity index (χ0n) is 15.1. The summed E-state index contributed by atoms with van der Waals surface area (Å²) in [6.45, 7) is 2.94. The molecule has 5 heteroatoms. The van der Waals surface area contributed by atoms with Gasteiger partial charge in [-0.1, -0.05) is 30.3 Å². The standard InChI is InChI=1S/C20H27N3O2/c1-21(2)20(25)15-22-12-17-8-10-18(14-22)23(13-17)19(24)11-9-16-6-4-3-5-7-16/h3-7,9,11,17-18H,8,10,12-15H2,1-2H3/t17-,18+/m0/s1. The van der Waals surface area contributed by atoms with Crippen LogP contribution in [0.3, 0.4) is 0 Å². The van der Waals surface area contributed by atoms with Gasteiger partial charge in [0.2, 0.25) is 11.8 Å². The Kier molecular flexibility index (Phi) is 5.53. The van der Waals surface area contributed by atoms with Gasteiger partial charge >= 0.3 is 0 Å². The maximum absolute atomic E-state index is 12.7. The Labute approximate surface area is 149 Å². The predicted molar refractivity (Wildman–Crippen MR) is 98.8 cm³/mol. The van der Waals surface area contributed by atoms with Crippen molar-refractivity contribution in [3.8, 4) is 0 Å². The van der Waals surface area contributed by atoms with Crippen LogP contribution in [0.25, 0.3) is 6.08 Å². The predicted octanol–water partition coefficient (Wildman–Crippen LogP) is 1.71. The first-order valence-corrected chi connectivity index (χ1v) is 8.99. The first kappa shape index (κ1) is 17.7. The summed E-state index contributed by atoms with van der Waals surface area (Å²) in [7, 11) is 3.58. The minimum atomic E-state index is 0.0827. The Balaban J connectivity index is 1.65. The Bertz CT molecular complexity index is 642. The summed E-state index contributed by atoms with van der Waals surface area (Å²) in [5, 5.41) is 0. The lowest BCUT2D eigenvalue weighted by Gasteiger charge is -2.35. The van der Waals surface area contributed by atoms with E-state index in [0.29, 0.717) is 12.5 Å². The van der Waals surface area contributed by atoms with E-state index in [1.54, 1.807) is 25.1 Å². The van der Waals surface area contributed by atoms with Crippen LogP contribution in [0.2, 0.25) is 0 Å². The zero-order chi connectivity index (χ0) is 17.8. The zero-order valence-corrected chi connectivity index (χ0v) is 15.1. The van der Waals surface area contributed by atoms with E-state index in [-0.39, 0.29) is 17.9 Å². The van der Waals surface area contributed by atoms with Gasteiger partial charge in [-0.25, -0.2) is 0 Å². The summed E-state index contributed by atoms with van der Waals surface area (Å²) in [5.41, 5.74) is 1.04. The molecule has 0 aromatic heterocycles. The number of rotatable bonds is 4. The van der Waals surface area contributed by atoms with Gasteiger partial charge in [-0.15, -0.1) is 0 Å². The van der Waals surface area contributed by atoms with Crippen LogP contribution in [0.1, 0.15) is 18.4 Å². The number of amides is 2. The number of piperidine rings is 1. The first-order valence-electron chi connectivity index (χ1n) is 8.99. The molecular formula is C20H27N3O2. The molecular weight excluding hydrogens is 314 g/mol. The van der Waals surface area contributed by atoms with E-state index in [9.17, 15) is 9.59 Å².